The van der Waals surface area contributed by atoms with E-state index >= 15 is 0 Å². The lowest BCUT2D eigenvalue weighted by Gasteiger charge is -2.16. The van der Waals surface area contributed by atoms with Crippen molar-refractivity contribution in [3.05, 3.63) is 12.2 Å². The van der Waals surface area contributed by atoms with E-state index < -0.39 is 12.1 Å². The Hall–Kier alpha value is -0.910. The summed E-state index contributed by atoms with van der Waals surface area (Å²) in [6.45, 7) is 2.82. The average molecular weight is 190 g/mol. The van der Waals surface area contributed by atoms with Gasteiger partial charge in [-0.25, -0.2) is 4.79 Å². The molecule has 5 heteroatoms. The third-order valence-corrected chi connectivity index (χ3v) is 1.10. The molecule has 1 aliphatic heterocycles. The lowest BCUT2D eigenvalue weighted by atomic mass is 10.4. The summed E-state index contributed by atoms with van der Waals surface area (Å²) in [7, 11) is 0. The third-order valence-electron chi connectivity index (χ3n) is 1.10. The first-order valence-corrected chi connectivity index (χ1v) is 3.86. The minimum Gasteiger partial charge on any atom is -0.478 e. The van der Waals surface area contributed by atoms with Gasteiger partial charge >= 0.3 is 5.97 Å². The van der Waals surface area contributed by atoms with E-state index in [4.69, 9.17) is 19.7 Å². The first-order valence-electron chi connectivity index (χ1n) is 3.86. The maximum Gasteiger partial charge on any atom is 0.327 e. The lowest BCUT2D eigenvalue weighted by Crippen LogP contribution is -2.28. The SMILES string of the molecule is CC=CC(=O)O.OC1COCOC1. The van der Waals surface area contributed by atoms with Gasteiger partial charge in [-0.15, -0.1) is 0 Å². The number of allylic oxidation sites excluding steroid dienone is 1. The van der Waals surface area contributed by atoms with E-state index in [1.54, 1.807) is 6.92 Å². The quantitative estimate of drug-likeness (QED) is 0.569. The summed E-state index contributed by atoms with van der Waals surface area (Å²) in [6.07, 6.45) is 2.15. The lowest BCUT2D eigenvalue weighted by molar-refractivity contribution is -0.150. The highest BCUT2D eigenvalue weighted by atomic mass is 16.7. The number of carboxylic acids is 1. The molecule has 0 unspecified atom stereocenters. The zero-order chi connectivity index (χ0) is 10.1. The number of hydrogen-bond acceptors (Lipinski definition) is 4. The predicted octanol–water partition coefficient (Wildman–Crippen LogP) is -0.00130. The van der Waals surface area contributed by atoms with E-state index in [-0.39, 0.29) is 0 Å². The number of carboxylic acid groups (broad SMARTS) is 1. The third kappa shape index (κ3) is 9.00. The average Bonchev–Trinajstić information content (AvgIpc) is 2.06. The van der Waals surface area contributed by atoms with Crippen LogP contribution in [0.3, 0.4) is 0 Å². The van der Waals surface area contributed by atoms with Gasteiger partial charge in [0, 0.05) is 6.08 Å². The van der Waals surface area contributed by atoms with Gasteiger partial charge in [-0.1, -0.05) is 6.08 Å². The Balaban J connectivity index is 0.000000226. The summed E-state index contributed by atoms with van der Waals surface area (Å²) in [5.41, 5.74) is 0. The van der Waals surface area contributed by atoms with Crippen molar-refractivity contribution in [3.8, 4) is 0 Å². The van der Waals surface area contributed by atoms with E-state index in [1.807, 2.05) is 0 Å². The normalized spacial score (nSPS) is 18.0. The predicted molar refractivity (Wildman–Crippen MR) is 45.2 cm³/mol. The van der Waals surface area contributed by atoms with Gasteiger partial charge in [0.25, 0.3) is 0 Å². The maximum atomic E-state index is 9.51. The molecule has 0 radical (unpaired) electrons. The number of rotatable bonds is 1. The first kappa shape index (κ1) is 12.1. The Morgan fingerprint density at radius 2 is 2.00 bits per heavy atom. The van der Waals surface area contributed by atoms with Gasteiger partial charge < -0.3 is 19.7 Å². The molecule has 1 heterocycles. The molecule has 0 spiro atoms. The Bertz CT molecular complexity index is 160. The highest BCUT2D eigenvalue weighted by Crippen LogP contribution is 1.93. The topological polar surface area (TPSA) is 76.0 Å². The molecule has 13 heavy (non-hydrogen) atoms. The highest BCUT2D eigenvalue weighted by Gasteiger charge is 2.08. The zero-order valence-corrected chi connectivity index (χ0v) is 7.47. The number of aliphatic carboxylic acids is 1. The molecular weight excluding hydrogens is 176 g/mol. The molecule has 1 rings (SSSR count). The van der Waals surface area contributed by atoms with E-state index in [2.05, 4.69) is 0 Å². The second kappa shape index (κ2) is 7.72. The number of ether oxygens (including phenoxy) is 2. The van der Waals surface area contributed by atoms with Crippen LogP contribution in [0.25, 0.3) is 0 Å². The fourth-order valence-electron chi connectivity index (χ4n) is 0.618. The molecule has 1 fully saturated rings. The Morgan fingerprint density at radius 1 is 1.46 bits per heavy atom. The number of carbonyl (C=O) groups is 1. The van der Waals surface area contributed by atoms with Crippen LogP contribution in [0.4, 0.5) is 0 Å². The van der Waals surface area contributed by atoms with Crippen molar-refractivity contribution in [1.82, 2.24) is 0 Å². The Morgan fingerprint density at radius 3 is 2.15 bits per heavy atom. The maximum absolute atomic E-state index is 9.51. The molecule has 0 saturated carbocycles. The molecule has 1 aliphatic rings. The standard InChI is InChI=1S/C4H8O3.C4H6O2/c5-4-1-6-3-7-2-4;1-2-3-4(5)6/h4-5H,1-3H2;2-3H,1H3,(H,5,6). The molecule has 2 N–H and O–H groups in total. The summed E-state index contributed by atoms with van der Waals surface area (Å²) in [5, 5.41) is 16.5. The van der Waals surface area contributed by atoms with Crippen molar-refractivity contribution >= 4 is 5.97 Å². The molecule has 0 aromatic rings. The molecule has 0 aliphatic carbocycles. The van der Waals surface area contributed by atoms with Crippen molar-refractivity contribution in [3.63, 3.8) is 0 Å². The van der Waals surface area contributed by atoms with Gasteiger partial charge in [0.15, 0.2) is 0 Å². The van der Waals surface area contributed by atoms with Crippen molar-refractivity contribution < 1.29 is 24.5 Å². The van der Waals surface area contributed by atoms with Crippen molar-refractivity contribution in [2.75, 3.05) is 20.0 Å². The fourth-order valence-corrected chi connectivity index (χ4v) is 0.618. The molecule has 0 atom stereocenters. The van der Waals surface area contributed by atoms with Crippen LogP contribution in [0.5, 0.6) is 0 Å². The molecular formula is C8H14O5. The van der Waals surface area contributed by atoms with Crippen LogP contribution in [0.15, 0.2) is 12.2 Å². The Labute approximate surface area is 76.6 Å². The van der Waals surface area contributed by atoms with Crippen LogP contribution in [-0.2, 0) is 14.3 Å². The van der Waals surface area contributed by atoms with Crippen LogP contribution in [0.1, 0.15) is 6.92 Å². The molecule has 0 bridgehead atoms. The van der Waals surface area contributed by atoms with E-state index in [0.717, 1.165) is 6.08 Å². The summed E-state index contributed by atoms with van der Waals surface area (Å²) >= 11 is 0. The second-order valence-electron chi connectivity index (χ2n) is 2.35. The van der Waals surface area contributed by atoms with Gasteiger partial charge in [-0.2, -0.15) is 0 Å². The fraction of sp³-hybridized carbons (Fsp3) is 0.625. The monoisotopic (exact) mass is 190 g/mol. The zero-order valence-electron chi connectivity index (χ0n) is 7.47. The smallest absolute Gasteiger partial charge is 0.327 e. The Kier molecular flexibility index (Phi) is 7.18. The van der Waals surface area contributed by atoms with Crippen LogP contribution in [0, 0.1) is 0 Å². The summed E-state index contributed by atoms with van der Waals surface area (Å²) < 4.78 is 9.42. The van der Waals surface area contributed by atoms with Gasteiger partial charge in [0.2, 0.25) is 0 Å². The second-order valence-corrected chi connectivity index (χ2v) is 2.35. The molecule has 76 valence electrons. The number of aliphatic hydroxyl groups is 1. The number of aliphatic hydroxyl groups excluding tert-OH is 1. The van der Waals surface area contributed by atoms with E-state index in [1.165, 1.54) is 6.08 Å². The van der Waals surface area contributed by atoms with Crippen molar-refractivity contribution in [2.24, 2.45) is 0 Å². The molecule has 0 aromatic carbocycles. The first-order chi connectivity index (χ1) is 6.16. The van der Waals surface area contributed by atoms with Gasteiger partial charge in [0.1, 0.15) is 12.9 Å². The summed E-state index contributed by atoms with van der Waals surface area (Å²) in [5.74, 6) is -0.891. The molecule has 5 nitrogen and oxygen atoms in total. The van der Waals surface area contributed by atoms with Crippen LogP contribution in [0.2, 0.25) is 0 Å². The van der Waals surface area contributed by atoms with Gasteiger partial charge in [-0.3, -0.25) is 0 Å². The van der Waals surface area contributed by atoms with Crippen molar-refractivity contribution in [2.45, 2.75) is 13.0 Å². The number of hydrogen-bond donors (Lipinski definition) is 2. The molecule has 1 saturated heterocycles. The molecule has 0 amide bonds. The summed E-state index contributed by atoms with van der Waals surface area (Å²) in [4.78, 5) is 9.51. The molecule has 0 aromatic heterocycles. The van der Waals surface area contributed by atoms with E-state index in [9.17, 15) is 4.79 Å². The van der Waals surface area contributed by atoms with Crippen molar-refractivity contribution in [1.29, 1.82) is 0 Å². The van der Waals surface area contributed by atoms with E-state index in [0.29, 0.717) is 20.0 Å². The van der Waals surface area contributed by atoms with Gasteiger partial charge in [0.05, 0.1) is 13.2 Å². The van der Waals surface area contributed by atoms with Crippen LogP contribution >= 0.6 is 0 Å². The summed E-state index contributed by atoms with van der Waals surface area (Å²) in [6, 6.07) is 0. The van der Waals surface area contributed by atoms with Crippen LogP contribution in [-0.4, -0.2) is 42.3 Å². The largest absolute Gasteiger partial charge is 0.478 e. The van der Waals surface area contributed by atoms with Crippen LogP contribution < -0.4 is 0 Å². The van der Waals surface area contributed by atoms with Gasteiger partial charge in [-0.05, 0) is 6.92 Å². The highest BCUT2D eigenvalue weighted by molar-refractivity contribution is 5.79. The minimum atomic E-state index is -0.891. The minimum absolute atomic E-state index is 0.330.